The molecule has 6 rings (SSSR count). The second-order valence-electron chi connectivity index (χ2n) is 9.63. The molecule has 0 saturated carbocycles. The van der Waals surface area contributed by atoms with Crippen molar-refractivity contribution in [3.8, 4) is 28.3 Å². The number of imidazole rings is 1. The van der Waals surface area contributed by atoms with Crippen LogP contribution in [0.2, 0.25) is 0 Å². The Balaban J connectivity index is 1.32. The Labute approximate surface area is 226 Å². The number of nitrogens with zero attached hydrogens (tertiary/aromatic N) is 6. The number of benzene rings is 3. The number of aryl methyl sites for hydroxylation is 3. The molecule has 3 heterocycles. The van der Waals surface area contributed by atoms with Gasteiger partial charge in [-0.3, -0.25) is 0 Å². The highest BCUT2D eigenvalue weighted by Gasteiger charge is 2.16. The predicted molar refractivity (Wildman–Crippen MR) is 151 cm³/mol. The first-order valence-corrected chi connectivity index (χ1v) is 13.1. The van der Waals surface area contributed by atoms with Crippen LogP contribution in [0, 0.1) is 13.8 Å². The van der Waals surface area contributed by atoms with Crippen LogP contribution in [0.5, 0.6) is 5.75 Å². The minimum Gasteiger partial charge on any atom is -0.489 e. The highest BCUT2D eigenvalue weighted by atomic mass is 16.5. The second-order valence-corrected chi connectivity index (χ2v) is 9.63. The number of pyridine rings is 1. The Morgan fingerprint density at radius 3 is 2.41 bits per heavy atom. The van der Waals surface area contributed by atoms with Crippen LogP contribution in [0.3, 0.4) is 0 Å². The summed E-state index contributed by atoms with van der Waals surface area (Å²) in [5.74, 6) is 2.36. The summed E-state index contributed by atoms with van der Waals surface area (Å²) in [5, 5.41) is 14.8. The fraction of sp³-hybridized carbons (Fsp3) is 0.194. The lowest BCUT2D eigenvalue weighted by molar-refractivity contribution is 0.306. The van der Waals surface area contributed by atoms with E-state index in [1.54, 1.807) is 0 Å². The number of rotatable bonds is 8. The van der Waals surface area contributed by atoms with Gasteiger partial charge in [-0.1, -0.05) is 61.5 Å². The van der Waals surface area contributed by atoms with Gasteiger partial charge in [0.15, 0.2) is 5.65 Å². The monoisotopic (exact) mass is 515 g/mol. The Kier molecular flexibility index (Phi) is 6.59. The van der Waals surface area contributed by atoms with Crippen LogP contribution >= 0.6 is 0 Å². The van der Waals surface area contributed by atoms with E-state index in [4.69, 9.17) is 14.7 Å². The minimum absolute atomic E-state index is 0.492. The summed E-state index contributed by atoms with van der Waals surface area (Å²) in [6, 6.07) is 26.8. The minimum atomic E-state index is 0.492. The summed E-state index contributed by atoms with van der Waals surface area (Å²) in [6.07, 6.45) is 0.844. The van der Waals surface area contributed by atoms with Crippen molar-refractivity contribution in [3.05, 3.63) is 107 Å². The molecular weight excluding hydrogens is 486 g/mol. The molecule has 3 aromatic heterocycles. The number of tetrazole rings is 1. The molecule has 0 amide bonds. The fourth-order valence-electron chi connectivity index (χ4n) is 4.92. The Hall–Kier alpha value is -4.85. The molecule has 39 heavy (non-hydrogen) atoms. The molecule has 8 nitrogen and oxygen atoms in total. The van der Waals surface area contributed by atoms with Crippen molar-refractivity contribution in [2.75, 3.05) is 0 Å². The van der Waals surface area contributed by atoms with E-state index in [1.165, 1.54) is 5.56 Å². The van der Waals surface area contributed by atoms with Gasteiger partial charge in [0.25, 0.3) is 0 Å². The lowest BCUT2D eigenvalue weighted by atomic mass is 9.97. The summed E-state index contributed by atoms with van der Waals surface area (Å²) < 4.78 is 8.35. The molecule has 0 aliphatic heterocycles. The summed E-state index contributed by atoms with van der Waals surface area (Å²) in [5.41, 5.74) is 9.26. The standard InChI is InChI=1S/C31H29N7O/c1-4-28-33-29-20(2)16-21(3)32-31(29)38(28)18-22-10-12-24(13-11-22)27-17-25(39-19-23-8-6-5-7-9-23)14-15-26(27)30-34-36-37-35-30/h5-17H,4,18-19H2,1-3H3,(H,34,35,36,37). The van der Waals surface area contributed by atoms with Gasteiger partial charge in [-0.25, -0.2) is 9.97 Å². The first-order chi connectivity index (χ1) is 19.1. The van der Waals surface area contributed by atoms with Crippen molar-refractivity contribution in [1.29, 1.82) is 0 Å². The molecule has 0 bridgehead atoms. The highest BCUT2D eigenvalue weighted by molar-refractivity contribution is 5.81. The van der Waals surface area contributed by atoms with Gasteiger partial charge in [0.05, 0.1) is 6.54 Å². The van der Waals surface area contributed by atoms with E-state index in [1.807, 2.05) is 43.3 Å². The predicted octanol–water partition coefficient (Wildman–Crippen LogP) is 6.08. The summed E-state index contributed by atoms with van der Waals surface area (Å²) in [7, 11) is 0. The zero-order chi connectivity index (χ0) is 26.8. The fourth-order valence-corrected chi connectivity index (χ4v) is 4.92. The molecule has 8 heteroatoms. The lowest BCUT2D eigenvalue weighted by Gasteiger charge is -2.13. The van der Waals surface area contributed by atoms with Crippen LogP contribution in [0.4, 0.5) is 0 Å². The second kappa shape index (κ2) is 10.5. The van der Waals surface area contributed by atoms with E-state index in [-0.39, 0.29) is 0 Å². The largest absolute Gasteiger partial charge is 0.489 e. The third-order valence-electron chi connectivity index (χ3n) is 6.85. The van der Waals surface area contributed by atoms with Gasteiger partial charge in [-0.05, 0) is 71.1 Å². The molecule has 6 aromatic rings. The van der Waals surface area contributed by atoms with Crippen LogP contribution in [0.15, 0.2) is 78.9 Å². The normalized spacial score (nSPS) is 11.3. The molecule has 194 valence electrons. The average molecular weight is 516 g/mol. The Bertz CT molecular complexity index is 1720. The van der Waals surface area contributed by atoms with Gasteiger partial charge in [0.2, 0.25) is 5.82 Å². The molecule has 0 aliphatic rings. The Morgan fingerprint density at radius 1 is 0.846 bits per heavy atom. The topological polar surface area (TPSA) is 94.4 Å². The van der Waals surface area contributed by atoms with Gasteiger partial charge >= 0.3 is 0 Å². The molecular formula is C31H29N7O. The van der Waals surface area contributed by atoms with Gasteiger partial charge in [0.1, 0.15) is 23.7 Å². The van der Waals surface area contributed by atoms with Crippen LogP contribution in [0.25, 0.3) is 33.7 Å². The molecule has 0 unspecified atom stereocenters. The highest BCUT2D eigenvalue weighted by Crippen LogP contribution is 2.34. The third kappa shape index (κ3) is 5.01. The van der Waals surface area contributed by atoms with E-state index in [0.717, 1.165) is 62.7 Å². The molecule has 3 aromatic carbocycles. The SMILES string of the molecule is CCc1nc2c(C)cc(C)nc2n1Cc1ccc(-c2cc(OCc3ccccc3)ccc2-c2nn[nH]n2)cc1. The van der Waals surface area contributed by atoms with E-state index < -0.39 is 0 Å². The van der Waals surface area contributed by atoms with Crippen molar-refractivity contribution >= 4 is 11.2 Å². The van der Waals surface area contributed by atoms with E-state index in [2.05, 4.69) is 81.5 Å². The smallest absolute Gasteiger partial charge is 0.205 e. The van der Waals surface area contributed by atoms with Gasteiger partial charge in [-0.15, -0.1) is 10.2 Å². The zero-order valence-corrected chi connectivity index (χ0v) is 22.2. The average Bonchev–Trinajstić information content (AvgIpc) is 3.62. The van der Waals surface area contributed by atoms with Crippen LogP contribution in [-0.4, -0.2) is 35.2 Å². The summed E-state index contributed by atoms with van der Waals surface area (Å²) in [4.78, 5) is 9.71. The van der Waals surface area contributed by atoms with Gasteiger partial charge in [0, 0.05) is 17.7 Å². The molecule has 1 N–H and O–H groups in total. The van der Waals surface area contributed by atoms with E-state index in [9.17, 15) is 0 Å². The van der Waals surface area contributed by atoms with Crippen LogP contribution < -0.4 is 4.74 Å². The number of hydrogen-bond acceptors (Lipinski definition) is 6. The van der Waals surface area contributed by atoms with Crippen LogP contribution in [0.1, 0.15) is 35.1 Å². The van der Waals surface area contributed by atoms with Crippen molar-refractivity contribution in [1.82, 2.24) is 35.2 Å². The maximum Gasteiger partial charge on any atom is 0.205 e. The Morgan fingerprint density at radius 2 is 1.67 bits per heavy atom. The number of fused-ring (bicyclic) bond motifs is 1. The number of H-pyrrole nitrogens is 1. The maximum atomic E-state index is 6.12. The van der Waals surface area contributed by atoms with Crippen molar-refractivity contribution in [2.24, 2.45) is 0 Å². The number of aromatic nitrogens is 7. The van der Waals surface area contributed by atoms with Crippen molar-refractivity contribution in [2.45, 2.75) is 40.3 Å². The number of aromatic amines is 1. The van der Waals surface area contributed by atoms with Crippen molar-refractivity contribution < 1.29 is 4.74 Å². The van der Waals surface area contributed by atoms with Crippen LogP contribution in [-0.2, 0) is 19.6 Å². The zero-order valence-electron chi connectivity index (χ0n) is 22.2. The maximum absolute atomic E-state index is 6.12. The summed E-state index contributed by atoms with van der Waals surface area (Å²) in [6.45, 7) is 7.46. The molecule has 0 saturated heterocycles. The van der Waals surface area contributed by atoms with E-state index in [0.29, 0.717) is 19.0 Å². The first-order valence-electron chi connectivity index (χ1n) is 13.1. The third-order valence-corrected chi connectivity index (χ3v) is 6.85. The molecule has 0 radical (unpaired) electrons. The van der Waals surface area contributed by atoms with Gasteiger partial charge < -0.3 is 9.30 Å². The molecule has 0 atom stereocenters. The number of nitrogens with one attached hydrogen (secondary N) is 1. The quantitative estimate of drug-likeness (QED) is 0.264. The van der Waals surface area contributed by atoms with E-state index >= 15 is 0 Å². The van der Waals surface area contributed by atoms with Crippen molar-refractivity contribution in [3.63, 3.8) is 0 Å². The first kappa shape index (κ1) is 24.5. The number of hydrogen-bond donors (Lipinski definition) is 1. The van der Waals surface area contributed by atoms with Gasteiger partial charge in [-0.2, -0.15) is 5.21 Å². The molecule has 0 fully saturated rings. The summed E-state index contributed by atoms with van der Waals surface area (Å²) >= 11 is 0. The lowest BCUT2D eigenvalue weighted by Crippen LogP contribution is -2.05. The number of ether oxygens (including phenoxy) is 1. The molecule has 0 aliphatic carbocycles. The molecule has 0 spiro atoms.